The summed E-state index contributed by atoms with van der Waals surface area (Å²) >= 11 is 2.75. The van der Waals surface area contributed by atoms with Crippen LogP contribution in [0.3, 0.4) is 0 Å². The van der Waals surface area contributed by atoms with Crippen molar-refractivity contribution < 1.29 is 17.9 Å². The van der Waals surface area contributed by atoms with Crippen molar-refractivity contribution in [3.05, 3.63) is 69.3 Å². The van der Waals surface area contributed by atoms with E-state index in [0.29, 0.717) is 33.9 Å². The van der Waals surface area contributed by atoms with Gasteiger partial charge in [0.1, 0.15) is 12.4 Å². The van der Waals surface area contributed by atoms with Gasteiger partial charge in [-0.25, -0.2) is 4.98 Å². The summed E-state index contributed by atoms with van der Waals surface area (Å²) in [6.07, 6.45) is -2.76. The summed E-state index contributed by atoms with van der Waals surface area (Å²) in [4.78, 5) is 17.2. The third-order valence-electron chi connectivity index (χ3n) is 4.34. The smallest absolute Gasteiger partial charge is 0.416 e. The maximum Gasteiger partial charge on any atom is 0.416 e. The van der Waals surface area contributed by atoms with E-state index in [-0.39, 0.29) is 17.9 Å². The number of alkyl halides is 3. The number of fused-ring (bicyclic) bond motifs is 1. The summed E-state index contributed by atoms with van der Waals surface area (Å²) in [5.74, 6) is 1.02. The number of aromatic nitrogens is 5. The van der Waals surface area contributed by atoms with Gasteiger partial charge >= 0.3 is 6.18 Å². The van der Waals surface area contributed by atoms with E-state index in [1.165, 1.54) is 45.7 Å². The Balaban J connectivity index is 1.45. The topological polar surface area (TPSA) is 74.3 Å². The van der Waals surface area contributed by atoms with E-state index in [0.717, 1.165) is 12.1 Å². The average molecular weight is 467 g/mol. The molecule has 0 saturated heterocycles. The predicted octanol–water partition coefficient (Wildman–Crippen LogP) is 4.26. The molecule has 0 radical (unpaired) electrons. The number of rotatable bonds is 7. The first-order chi connectivity index (χ1) is 14.8. The Morgan fingerprint density at radius 2 is 2.06 bits per heavy atom. The molecule has 3 heterocycles. The largest absolute Gasteiger partial charge is 0.486 e. The zero-order chi connectivity index (χ0) is 22.0. The zero-order valence-corrected chi connectivity index (χ0v) is 17.8. The van der Waals surface area contributed by atoms with Gasteiger partial charge in [0, 0.05) is 29.9 Å². The maximum atomic E-state index is 12.9. The van der Waals surface area contributed by atoms with Crippen molar-refractivity contribution in [2.24, 2.45) is 0 Å². The Labute approximate surface area is 182 Å². The number of thiazole rings is 1. The lowest BCUT2D eigenvalue weighted by atomic mass is 10.2. The first kappa shape index (κ1) is 21.4. The fourth-order valence-corrected chi connectivity index (χ4v) is 4.51. The number of thioether (sulfide) groups is 1. The summed E-state index contributed by atoms with van der Waals surface area (Å²) in [7, 11) is 0. The second-order valence-electron chi connectivity index (χ2n) is 6.39. The number of ether oxygens (including phenoxy) is 1. The average Bonchev–Trinajstić information content (AvgIpc) is 3.37. The number of benzene rings is 1. The van der Waals surface area contributed by atoms with E-state index < -0.39 is 11.7 Å². The van der Waals surface area contributed by atoms with Gasteiger partial charge in [0.05, 0.1) is 11.3 Å². The molecule has 0 saturated carbocycles. The Bertz CT molecular complexity index is 1270. The van der Waals surface area contributed by atoms with E-state index in [1.54, 1.807) is 11.6 Å². The fraction of sp³-hybridized carbons (Fsp3) is 0.263. The molecule has 4 aromatic rings. The van der Waals surface area contributed by atoms with Gasteiger partial charge in [0.2, 0.25) is 0 Å². The summed E-state index contributed by atoms with van der Waals surface area (Å²) in [5.41, 5.74) is -0.289. The second-order valence-corrected chi connectivity index (χ2v) is 8.20. The molecule has 0 atom stereocenters. The van der Waals surface area contributed by atoms with Gasteiger partial charge < -0.3 is 9.30 Å². The second kappa shape index (κ2) is 8.71. The van der Waals surface area contributed by atoms with Crippen LogP contribution in [0.1, 0.15) is 24.0 Å². The summed E-state index contributed by atoms with van der Waals surface area (Å²) < 4.78 is 47.4. The van der Waals surface area contributed by atoms with Gasteiger partial charge in [0.25, 0.3) is 5.56 Å². The lowest BCUT2D eigenvalue weighted by Crippen LogP contribution is -2.12. The number of halogens is 3. The third-order valence-corrected chi connectivity index (χ3v) is 6.10. The summed E-state index contributed by atoms with van der Waals surface area (Å²) in [6, 6.07) is 6.18. The van der Waals surface area contributed by atoms with Gasteiger partial charge in [-0.2, -0.15) is 13.2 Å². The molecule has 0 amide bonds. The van der Waals surface area contributed by atoms with Crippen molar-refractivity contribution in [2.75, 3.05) is 0 Å². The van der Waals surface area contributed by atoms with Crippen LogP contribution in [0.2, 0.25) is 0 Å². The first-order valence-corrected chi connectivity index (χ1v) is 11.0. The molecule has 0 aliphatic carbocycles. The van der Waals surface area contributed by atoms with Crippen molar-refractivity contribution >= 4 is 28.1 Å². The quantitative estimate of drug-likeness (QED) is 0.378. The molecule has 0 aliphatic rings. The molecular weight excluding hydrogens is 451 g/mol. The van der Waals surface area contributed by atoms with Crippen molar-refractivity contribution in [1.29, 1.82) is 0 Å². The van der Waals surface area contributed by atoms with Crippen LogP contribution in [0, 0.1) is 0 Å². The molecule has 0 unspecified atom stereocenters. The zero-order valence-electron chi connectivity index (χ0n) is 16.2. The minimum Gasteiger partial charge on any atom is -0.486 e. The van der Waals surface area contributed by atoms with Crippen LogP contribution in [0.25, 0.3) is 4.96 Å². The minimum atomic E-state index is -4.44. The highest BCUT2D eigenvalue weighted by atomic mass is 32.2. The maximum absolute atomic E-state index is 12.9. The molecule has 1 aromatic carbocycles. The third kappa shape index (κ3) is 4.74. The lowest BCUT2D eigenvalue weighted by molar-refractivity contribution is -0.137. The van der Waals surface area contributed by atoms with Crippen molar-refractivity contribution in [2.45, 2.75) is 37.2 Å². The number of hydrogen-bond donors (Lipinski definition) is 0. The monoisotopic (exact) mass is 467 g/mol. The molecule has 0 spiro atoms. The molecule has 7 nitrogen and oxygen atoms in total. The van der Waals surface area contributed by atoms with Crippen LogP contribution in [-0.2, 0) is 25.1 Å². The van der Waals surface area contributed by atoms with Gasteiger partial charge in [-0.05, 0) is 25.1 Å². The minimum absolute atomic E-state index is 0.0243. The molecule has 162 valence electrons. The molecule has 0 bridgehead atoms. The molecule has 12 heteroatoms. The SMILES string of the molecule is CCn1c(COc2cccc(C(F)(F)F)c2)nnc1SCc1cc(=O)n2ccsc2n1. The molecule has 0 N–H and O–H groups in total. The normalized spacial score (nSPS) is 11.9. The van der Waals surface area contributed by atoms with Crippen LogP contribution < -0.4 is 10.3 Å². The van der Waals surface area contributed by atoms with E-state index in [2.05, 4.69) is 15.2 Å². The van der Waals surface area contributed by atoms with E-state index >= 15 is 0 Å². The first-order valence-electron chi connectivity index (χ1n) is 9.16. The van der Waals surface area contributed by atoms with Crippen LogP contribution in [0.4, 0.5) is 13.2 Å². The van der Waals surface area contributed by atoms with Gasteiger partial charge in [-0.15, -0.1) is 21.5 Å². The molecule has 4 rings (SSSR count). The van der Waals surface area contributed by atoms with Gasteiger partial charge in [0.15, 0.2) is 15.9 Å². The molecule has 31 heavy (non-hydrogen) atoms. The van der Waals surface area contributed by atoms with Gasteiger partial charge in [-0.3, -0.25) is 9.20 Å². The standard InChI is InChI=1S/C19H16F3N5O2S2/c1-2-26-15(10-29-14-5-3-4-12(8-14)19(20,21)22)24-25-18(26)31-11-13-9-16(28)27-6-7-30-17(27)23-13/h3-9H,2,10-11H2,1H3. The number of nitrogens with zero attached hydrogens (tertiary/aromatic N) is 5. The van der Waals surface area contributed by atoms with E-state index in [4.69, 9.17) is 4.74 Å². The van der Waals surface area contributed by atoms with Crippen LogP contribution in [-0.4, -0.2) is 24.1 Å². The molecule has 0 aliphatic heterocycles. The Morgan fingerprint density at radius 3 is 2.84 bits per heavy atom. The van der Waals surface area contributed by atoms with Crippen LogP contribution in [0.15, 0.2) is 51.9 Å². The highest BCUT2D eigenvalue weighted by molar-refractivity contribution is 7.98. The fourth-order valence-electron chi connectivity index (χ4n) is 2.86. The summed E-state index contributed by atoms with van der Waals surface area (Å²) in [6.45, 7) is 2.43. The predicted molar refractivity (Wildman–Crippen MR) is 110 cm³/mol. The Hall–Kier alpha value is -2.86. The summed E-state index contributed by atoms with van der Waals surface area (Å²) in [5, 5.41) is 10.7. The molecule has 0 fully saturated rings. The highest BCUT2D eigenvalue weighted by Crippen LogP contribution is 2.31. The van der Waals surface area contributed by atoms with E-state index in [9.17, 15) is 18.0 Å². The molecule has 3 aromatic heterocycles. The lowest BCUT2D eigenvalue weighted by Gasteiger charge is -2.11. The number of hydrogen-bond acceptors (Lipinski definition) is 7. The van der Waals surface area contributed by atoms with Crippen molar-refractivity contribution in [1.82, 2.24) is 24.1 Å². The molecular formula is C19H16F3N5O2S2. The highest BCUT2D eigenvalue weighted by Gasteiger charge is 2.30. The van der Waals surface area contributed by atoms with Crippen LogP contribution >= 0.6 is 23.1 Å². The van der Waals surface area contributed by atoms with Crippen molar-refractivity contribution in [3.8, 4) is 5.75 Å². The van der Waals surface area contributed by atoms with E-state index in [1.807, 2.05) is 11.5 Å². The van der Waals surface area contributed by atoms with Gasteiger partial charge in [-0.1, -0.05) is 17.8 Å². The Kier molecular flexibility index (Phi) is 6.01. The van der Waals surface area contributed by atoms with Crippen molar-refractivity contribution in [3.63, 3.8) is 0 Å². The Morgan fingerprint density at radius 1 is 1.23 bits per heavy atom. The van der Waals surface area contributed by atoms with Crippen LogP contribution in [0.5, 0.6) is 5.75 Å².